The molecule has 0 aliphatic heterocycles. The third-order valence-corrected chi connectivity index (χ3v) is 1.94. The molecule has 0 N–H and O–H groups in total. The van der Waals surface area contributed by atoms with Crippen molar-refractivity contribution in [2.75, 3.05) is 0 Å². The van der Waals surface area contributed by atoms with Gasteiger partial charge in [-0.1, -0.05) is 23.2 Å². The van der Waals surface area contributed by atoms with Gasteiger partial charge in [0.25, 0.3) is 0 Å². The molecule has 0 saturated heterocycles. The Morgan fingerprint density at radius 1 is 1.44 bits per heavy atom. The zero-order chi connectivity index (χ0) is 6.85. The molecular formula is C4H4Cl2N2S. The lowest BCUT2D eigenvalue weighted by molar-refractivity contribution is 1.16. The van der Waals surface area contributed by atoms with Gasteiger partial charge in [0, 0.05) is 0 Å². The van der Waals surface area contributed by atoms with Gasteiger partial charge in [-0.3, -0.25) is 0 Å². The first-order valence-corrected chi connectivity index (χ1v) is 3.89. The van der Waals surface area contributed by atoms with Crippen LogP contribution in [0.5, 0.6) is 0 Å². The van der Waals surface area contributed by atoms with Gasteiger partial charge in [0.2, 0.25) is 0 Å². The van der Waals surface area contributed by atoms with Crippen LogP contribution in [0.15, 0.2) is 0 Å². The molecule has 0 bridgehead atoms. The van der Waals surface area contributed by atoms with Crippen LogP contribution < -0.4 is 0 Å². The molecule has 1 heterocycles. The van der Waals surface area contributed by atoms with E-state index >= 15 is 0 Å². The second-order valence-electron chi connectivity index (χ2n) is 1.54. The molecule has 1 aromatic rings. The SMILES string of the molecule is Cc1nsnc1C(Cl)Cl. The minimum atomic E-state index is -0.538. The zero-order valence-corrected chi connectivity index (χ0v) is 6.96. The van der Waals surface area contributed by atoms with Crippen molar-refractivity contribution in [3.63, 3.8) is 0 Å². The predicted molar refractivity (Wildman–Crippen MR) is 39.1 cm³/mol. The van der Waals surface area contributed by atoms with Crippen molar-refractivity contribution in [3.05, 3.63) is 11.4 Å². The zero-order valence-electron chi connectivity index (χ0n) is 4.64. The minimum absolute atomic E-state index is 0.538. The van der Waals surface area contributed by atoms with Crippen molar-refractivity contribution >= 4 is 34.9 Å². The summed E-state index contributed by atoms with van der Waals surface area (Å²) in [6.07, 6.45) is 0. The van der Waals surface area contributed by atoms with E-state index in [9.17, 15) is 0 Å². The number of alkyl halides is 2. The molecule has 2 nitrogen and oxygen atoms in total. The average molecular weight is 183 g/mol. The Balaban J connectivity index is 2.94. The number of hydrogen-bond acceptors (Lipinski definition) is 3. The Morgan fingerprint density at radius 3 is 2.33 bits per heavy atom. The summed E-state index contributed by atoms with van der Waals surface area (Å²) in [7, 11) is 0. The minimum Gasteiger partial charge on any atom is -0.178 e. The summed E-state index contributed by atoms with van der Waals surface area (Å²) in [5, 5.41) is 0. The highest BCUT2D eigenvalue weighted by Crippen LogP contribution is 2.25. The fraction of sp³-hybridized carbons (Fsp3) is 0.500. The van der Waals surface area contributed by atoms with Gasteiger partial charge in [0.1, 0.15) is 5.69 Å². The maximum atomic E-state index is 5.52. The van der Waals surface area contributed by atoms with Crippen LogP contribution in [-0.2, 0) is 0 Å². The van der Waals surface area contributed by atoms with E-state index in [4.69, 9.17) is 23.2 Å². The summed E-state index contributed by atoms with van der Waals surface area (Å²) in [5.41, 5.74) is 1.48. The highest BCUT2D eigenvalue weighted by molar-refractivity contribution is 6.99. The second kappa shape index (κ2) is 2.82. The molecule has 1 aromatic heterocycles. The molecule has 50 valence electrons. The Hall–Kier alpha value is 0.140. The van der Waals surface area contributed by atoms with Crippen LogP contribution in [0.4, 0.5) is 0 Å². The topological polar surface area (TPSA) is 25.8 Å². The molecule has 0 aromatic carbocycles. The largest absolute Gasteiger partial charge is 0.178 e. The van der Waals surface area contributed by atoms with Crippen LogP contribution in [0.2, 0.25) is 0 Å². The van der Waals surface area contributed by atoms with E-state index < -0.39 is 4.84 Å². The molecule has 0 atom stereocenters. The highest BCUT2D eigenvalue weighted by atomic mass is 35.5. The fourth-order valence-corrected chi connectivity index (χ4v) is 1.55. The van der Waals surface area contributed by atoms with Crippen molar-refractivity contribution < 1.29 is 0 Å². The first-order chi connectivity index (χ1) is 4.22. The Morgan fingerprint density at radius 2 is 2.11 bits per heavy atom. The number of nitrogens with zero attached hydrogens (tertiary/aromatic N) is 2. The Bertz CT molecular complexity index is 198. The molecular weight excluding hydrogens is 179 g/mol. The lowest BCUT2D eigenvalue weighted by Gasteiger charge is -1.92. The number of aryl methyl sites for hydroxylation is 1. The molecule has 1 rings (SSSR count). The summed E-state index contributed by atoms with van der Waals surface area (Å²) in [4.78, 5) is -0.538. The van der Waals surface area contributed by atoms with Crippen LogP contribution in [0.1, 0.15) is 16.2 Å². The van der Waals surface area contributed by atoms with Crippen LogP contribution in [0.3, 0.4) is 0 Å². The van der Waals surface area contributed by atoms with Gasteiger partial charge in [-0.2, -0.15) is 8.75 Å². The summed E-state index contributed by atoms with van der Waals surface area (Å²) in [6, 6.07) is 0. The molecule has 0 aliphatic carbocycles. The summed E-state index contributed by atoms with van der Waals surface area (Å²) in [5.74, 6) is 0. The third kappa shape index (κ3) is 1.53. The lowest BCUT2D eigenvalue weighted by Crippen LogP contribution is -1.83. The molecule has 0 aliphatic rings. The van der Waals surface area contributed by atoms with Gasteiger partial charge in [0.05, 0.1) is 17.4 Å². The monoisotopic (exact) mass is 182 g/mol. The molecule has 0 unspecified atom stereocenters. The Labute approximate surface area is 67.1 Å². The normalized spacial score (nSPS) is 10.7. The van der Waals surface area contributed by atoms with Crippen LogP contribution in [0.25, 0.3) is 0 Å². The maximum Gasteiger partial charge on any atom is 0.152 e. The van der Waals surface area contributed by atoms with Crippen LogP contribution in [-0.4, -0.2) is 8.75 Å². The van der Waals surface area contributed by atoms with Crippen molar-refractivity contribution in [1.29, 1.82) is 0 Å². The van der Waals surface area contributed by atoms with Crippen molar-refractivity contribution in [3.8, 4) is 0 Å². The summed E-state index contributed by atoms with van der Waals surface area (Å²) in [6.45, 7) is 1.83. The molecule has 0 saturated carbocycles. The predicted octanol–water partition coefficient (Wildman–Crippen LogP) is 2.32. The van der Waals surface area contributed by atoms with Gasteiger partial charge in [-0.25, -0.2) is 0 Å². The number of halogens is 2. The van der Waals surface area contributed by atoms with Gasteiger partial charge in [0.15, 0.2) is 4.84 Å². The van der Waals surface area contributed by atoms with E-state index in [1.165, 1.54) is 0 Å². The van der Waals surface area contributed by atoms with Gasteiger partial charge < -0.3 is 0 Å². The highest BCUT2D eigenvalue weighted by Gasteiger charge is 2.09. The molecule has 0 fully saturated rings. The van der Waals surface area contributed by atoms with E-state index in [1.54, 1.807) is 0 Å². The Kier molecular flexibility index (Phi) is 2.27. The third-order valence-electron chi connectivity index (χ3n) is 0.894. The first kappa shape index (κ1) is 7.25. The summed E-state index contributed by atoms with van der Waals surface area (Å²) >= 11 is 12.2. The van der Waals surface area contributed by atoms with Gasteiger partial charge in [-0.15, -0.1) is 0 Å². The standard InChI is InChI=1S/C4H4Cl2N2S/c1-2-3(4(5)6)8-9-7-2/h4H,1H3. The molecule has 9 heavy (non-hydrogen) atoms. The lowest BCUT2D eigenvalue weighted by atomic mass is 10.4. The van der Waals surface area contributed by atoms with E-state index in [0.717, 1.165) is 17.4 Å². The van der Waals surface area contributed by atoms with E-state index in [-0.39, 0.29) is 0 Å². The van der Waals surface area contributed by atoms with Gasteiger partial charge in [-0.05, 0) is 6.92 Å². The van der Waals surface area contributed by atoms with Crippen molar-refractivity contribution in [2.45, 2.75) is 11.8 Å². The van der Waals surface area contributed by atoms with E-state index in [0.29, 0.717) is 5.69 Å². The van der Waals surface area contributed by atoms with Crippen LogP contribution in [0, 0.1) is 6.92 Å². The molecule has 0 radical (unpaired) electrons. The fourth-order valence-electron chi connectivity index (χ4n) is 0.436. The maximum absolute atomic E-state index is 5.52. The first-order valence-electron chi connectivity index (χ1n) is 2.29. The number of hydrogen-bond donors (Lipinski definition) is 0. The van der Waals surface area contributed by atoms with Crippen molar-refractivity contribution in [2.24, 2.45) is 0 Å². The second-order valence-corrected chi connectivity index (χ2v) is 3.16. The van der Waals surface area contributed by atoms with Crippen LogP contribution >= 0.6 is 34.9 Å². The molecule has 0 amide bonds. The quantitative estimate of drug-likeness (QED) is 0.624. The smallest absolute Gasteiger partial charge is 0.152 e. The average Bonchev–Trinajstić information content (AvgIpc) is 2.13. The number of aromatic nitrogens is 2. The van der Waals surface area contributed by atoms with Crippen molar-refractivity contribution in [1.82, 2.24) is 8.75 Å². The van der Waals surface area contributed by atoms with E-state index in [1.807, 2.05) is 6.92 Å². The molecule has 0 spiro atoms. The van der Waals surface area contributed by atoms with E-state index in [2.05, 4.69) is 8.75 Å². The van der Waals surface area contributed by atoms with Gasteiger partial charge >= 0.3 is 0 Å². The summed E-state index contributed by atoms with van der Waals surface area (Å²) < 4.78 is 7.78. The molecule has 5 heteroatoms. The number of rotatable bonds is 1.